The minimum atomic E-state index is -1.86. The summed E-state index contributed by atoms with van der Waals surface area (Å²) in [6.07, 6.45) is 0. The van der Waals surface area contributed by atoms with Gasteiger partial charge in [-0.1, -0.05) is 18.2 Å². The molecule has 0 radical (unpaired) electrons. The van der Waals surface area contributed by atoms with Crippen molar-refractivity contribution in [2.45, 2.75) is 5.41 Å². The van der Waals surface area contributed by atoms with E-state index in [2.05, 4.69) is 4.99 Å². The molecule has 1 aromatic rings. The Balaban J connectivity index is 2.17. The fraction of sp³-hybridized carbons (Fsp3) is 0.267. The number of likely N-dealkylation sites (N-methyl/N-ethyl adjacent to an activating group) is 1. The summed E-state index contributed by atoms with van der Waals surface area (Å²) in [5, 5.41) is 19.4. The highest BCUT2D eigenvalue weighted by Crippen LogP contribution is 2.83. The van der Waals surface area contributed by atoms with E-state index in [9.17, 15) is 20.1 Å². The maximum absolute atomic E-state index is 12.9. The highest BCUT2D eigenvalue weighted by atomic mass is 16.2. The number of nitrogens with two attached hydrogens (primary N) is 1. The van der Waals surface area contributed by atoms with Gasteiger partial charge in [-0.3, -0.25) is 9.59 Å². The third-order valence-electron chi connectivity index (χ3n) is 5.18. The second kappa shape index (κ2) is 3.18. The molecule has 4 rings (SSSR count). The summed E-state index contributed by atoms with van der Waals surface area (Å²) in [6, 6.07) is 10.7. The first kappa shape index (κ1) is 12.5. The Morgan fingerprint density at radius 2 is 1.82 bits per heavy atom. The van der Waals surface area contributed by atoms with Crippen molar-refractivity contribution >= 4 is 23.3 Å². The van der Waals surface area contributed by atoms with E-state index in [0.717, 1.165) is 0 Å². The van der Waals surface area contributed by atoms with Crippen molar-refractivity contribution in [1.29, 1.82) is 10.5 Å². The van der Waals surface area contributed by atoms with Crippen LogP contribution in [0.4, 0.5) is 5.69 Å². The average Bonchev–Trinajstić information content (AvgIpc) is 2.94. The molecule has 2 amide bonds. The van der Waals surface area contributed by atoms with Crippen molar-refractivity contribution in [3.63, 3.8) is 0 Å². The zero-order valence-corrected chi connectivity index (χ0v) is 11.5. The predicted molar refractivity (Wildman–Crippen MR) is 74.3 cm³/mol. The zero-order chi connectivity index (χ0) is 15.9. The van der Waals surface area contributed by atoms with Crippen LogP contribution in [0, 0.1) is 33.5 Å². The smallest absolute Gasteiger partial charge is 0.271 e. The quantitative estimate of drug-likeness (QED) is 0.710. The van der Waals surface area contributed by atoms with E-state index in [1.165, 1.54) is 4.90 Å². The largest absolute Gasteiger partial charge is 0.386 e. The Morgan fingerprint density at radius 1 is 1.18 bits per heavy atom. The van der Waals surface area contributed by atoms with Gasteiger partial charge in [-0.2, -0.15) is 15.5 Å². The summed E-state index contributed by atoms with van der Waals surface area (Å²) >= 11 is 0. The van der Waals surface area contributed by atoms with E-state index in [1.54, 1.807) is 31.3 Å². The molecule has 1 spiro atoms. The molecule has 106 valence electrons. The van der Waals surface area contributed by atoms with Gasteiger partial charge in [0.1, 0.15) is 11.3 Å². The topological polar surface area (TPSA) is 123 Å². The lowest BCUT2D eigenvalue weighted by Crippen LogP contribution is -2.39. The van der Waals surface area contributed by atoms with Crippen molar-refractivity contribution in [1.82, 2.24) is 0 Å². The standard InChI is InChI=1S/C15H9N5O2/c1-20-9-5-3-2-4-8(9)15(12(20)22)13(6-16)10(18)19-11(21)14(13,15)7-17/h2-5H,1H3,(H2,18,19,21)/t13-,14+,15-/m0/s1. The van der Waals surface area contributed by atoms with Crippen LogP contribution in [0.25, 0.3) is 0 Å². The summed E-state index contributed by atoms with van der Waals surface area (Å²) < 4.78 is 0. The zero-order valence-electron chi connectivity index (χ0n) is 11.5. The molecule has 22 heavy (non-hydrogen) atoms. The molecule has 3 aliphatic rings. The number of fused-ring (bicyclic) bond motifs is 5. The van der Waals surface area contributed by atoms with Gasteiger partial charge < -0.3 is 10.6 Å². The molecule has 1 aliphatic carbocycles. The van der Waals surface area contributed by atoms with Gasteiger partial charge in [0.05, 0.1) is 12.1 Å². The van der Waals surface area contributed by atoms with Crippen LogP contribution in [0.3, 0.4) is 0 Å². The Bertz CT molecular complexity index is 907. The average molecular weight is 291 g/mol. The Morgan fingerprint density at radius 3 is 2.41 bits per heavy atom. The summed E-state index contributed by atoms with van der Waals surface area (Å²) in [6.45, 7) is 0. The van der Waals surface area contributed by atoms with Gasteiger partial charge in [0.25, 0.3) is 5.91 Å². The van der Waals surface area contributed by atoms with Gasteiger partial charge >= 0.3 is 0 Å². The molecular weight excluding hydrogens is 282 g/mol. The van der Waals surface area contributed by atoms with Gasteiger partial charge in [0, 0.05) is 12.7 Å². The SMILES string of the molecule is CN1C(=O)[C@@]2(c3ccccc31)[C@@]1(C#N)C(N)=NC(=O)[C@]12C#N. The van der Waals surface area contributed by atoms with E-state index in [4.69, 9.17) is 5.73 Å². The number of benzene rings is 1. The number of carbonyl (C=O) groups is 2. The van der Waals surface area contributed by atoms with Gasteiger partial charge in [-0.25, -0.2) is 0 Å². The van der Waals surface area contributed by atoms with Crippen LogP contribution in [0.1, 0.15) is 5.56 Å². The van der Waals surface area contributed by atoms with E-state index in [1.807, 2.05) is 12.1 Å². The number of nitrogens with zero attached hydrogens (tertiary/aromatic N) is 4. The number of aliphatic imine (C=N–C) groups is 1. The first-order valence-corrected chi connectivity index (χ1v) is 6.56. The van der Waals surface area contributed by atoms with Gasteiger partial charge in [-0.15, -0.1) is 0 Å². The number of nitriles is 2. The van der Waals surface area contributed by atoms with E-state index in [-0.39, 0.29) is 5.84 Å². The molecule has 1 saturated carbocycles. The molecule has 7 nitrogen and oxygen atoms in total. The molecule has 1 fully saturated rings. The molecule has 2 aliphatic heterocycles. The molecule has 0 saturated heterocycles. The first-order valence-electron chi connectivity index (χ1n) is 6.56. The first-order chi connectivity index (χ1) is 10.5. The second-order valence-corrected chi connectivity index (χ2v) is 5.66. The fourth-order valence-electron chi connectivity index (χ4n) is 4.27. The third-order valence-corrected chi connectivity index (χ3v) is 5.18. The normalized spacial score (nSPS) is 37.4. The van der Waals surface area contributed by atoms with Crippen LogP contribution < -0.4 is 10.6 Å². The molecule has 0 bridgehead atoms. The summed E-state index contributed by atoms with van der Waals surface area (Å²) in [5.41, 5.74) is 1.71. The highest BCUT2D eigenvalue weighted by molar-refractivity contribution is 6.30. The minimum absolute atomic E-state index is 0.250. The minimum Gasteiger partial charge on any atom is -0.386 e. The van der Waals surface area contributed by atoms with E-state index >= 15 is 0 Å². The van der Waals surface area contributed by atoms with Crippen molar-refractivity contribution in [2.24, 2.45) is 21.6 Å². The molecule has 7 heteroatoms. The number of hydrogen-bond acceptors (Lipinski definition) is 5. The third kappa shape index (κ3) is 0.751. The molecule has 2 N–H and O–H groups in total. The molecule has 3 atom stereocenters. The predicted octanol–water partition coefficient (Wildman–Crippen LogP) is -0.168. The number of carbonyl (C=O) groups excluding carboxylic acids is 2. The van der Waals surface area contributed by atoms with Crippen molar-refractivity contribution in [3.8, 4) is 12.1 Å². The lowest BCUT2D eigenvalue weighted by Gasteiger charge is -2.15. The maximum Gasteiger partial charge on any atom is 0.271 e. The van der Waals surface area contributed by atoms with Crippen LogP contribution >= 0.6 is 0 Å². The monoisotopic (exact) mass is 291 g/mol. The summed E-state index contributed by atoms with van der Waals surface area (Å²) in [4.78, 5) is 30.3. The van der Waals surface area contributed by atoms with Crippen LogP contribution in [0.5, 0.6) is 0 Å². The van der Waals surface area contributed by atoms with Gasteiger partial charge in [0.15, 0.2) is 10.8 Å². The summed E-state index contributed by atoms with van der Waals surface area (Å²) in [5.74, 6) is -1.53. The second-order valence-electron chi connectivity index (χ2n) is 5.66. The van der Waals surface area contributed by atoms with Crippen LogP contribution in [-0.4, -0.2) is 24.7 Å². The molecule has 1 aromatic carbocycles. The number of para-hydroxylation sites is 1. The molecule has 0 unspecified atom stereocenters. The van der Waals surface area contributed by atoms with Crippen LogP contribution in [-0.2, 0) is 15.0 Å². The van der Waals surface area contributed by atoms with E-state index < -0.39 is 28.1 Å². The van der Waals surface area contributed by atoms with Gasteiger partial charge in [-0.05, 0) is 11.6 Å². The summed E-state index contributed by atoms with van der Waals surface area (Å²) in [7, 11) is 1.55. The lowest BCUT2D eigenvalue weighted by atomic mass is 9.85. The number of amidine groups is 1. The maximum atomic E-state index is 12.9. The number of hydrogen-bond donors (Lipinski definition) is 1. The van der Waals surface area contributed by atoms with Crippen molar-refractivity contribution < 1.29 is 9.59 Å². The number of rotatable bonds is 0. The Labute approximate surface area is 125 Å². The molecule has 2 heterocycles. The van der Waals surface area contributed by atoms with Crippen molar-refractivity contribution in [2.75, 3.05) is 11.9 Å². The highest BCUT2D eigenvalue weighted by Gasteiger charge is 3.02. The Hall–Kier alpha value is -3.19. The number of anilines is 1. The fourth-order valence-corrected chi connectivity index (χ4v) is 4.27. The Kier molecular flexibility index (Phi) is 1.81. The number of amides is 2. The van der Waals surface area contributed by atoms with Crippen LogP contribution in [0.15, 0.2) is 29.3 Å². The molecular formula is C15H9N5O2. The van der Waals surface area contributed by atoms with Crippen molar-refractivity contribution in [3.05, 3.63) is 29.8 Å². The van der Waals surface area contributed by atoms with E-state index in [0.29, 0.717) is 11.3 Å². The van der Waals surface area contributed by atoms with Gasteiger partial charge in [0.2, 0.25) is 5.91 Å². The lowest BCUT2D eigenvalue weighted by molar-refractivity contribution is -0.126. The molecule has 0 aromatic heterocycles. The van der Waals surface area contributed by atoms with Crippen LogP contribution in [0.2, 0.25) is 0 Å².